The van der Waals surface area contributed by atoms with E-state index in [1.54, 1.807) is 24.3 Å². The molecule has 1 aromatic carbocycles. The van der Waals surface area contributed by atoms with Crippen molar-refractivity contribution < 1.29 is 9.53 Å². The van der Waals surface area contributed by atoms with Crippen LogP contribution in [0.1, 0.15) is 44.9 Å². The zero-order valence-corrected chi connectivity index (χ0v) is 11.9. The van der Waals surface area contributed by atoms with Crippen molar-refractivity contribution in [1.29, 1.82) is 0 Å². The molecule has 2 rings (SSSR count). The smallest absolute Gasteiger partial charge is 0.258 e. The van der Waals surface area contributed by atoms with Gasteiger partial charge in [-0.05, 0) is 37.1 Å². The highest BCUT2D eigenvalue weighted by Crippen LogP contribution is 2.17. The molecule has 0 aromatic heterocycles. The van der Waals surface area contributed by atoms with Crippen molar-refractivity contribution in [1.82, 2.24) is 5.32 Å². The maximum absolute atomic E-state index is 11.9. The first-order chi connectivity index (χ1) is 9.74. The molecule has 0 saturated heterocycles. The SMILES string of the molecule is Nc1ccc(OCC(=O)NC2CCCCCCC2)cc1. The second-order valence-corrected chi connectivity index (χ2v) is 5.47. The summed E-state index contributed by atoms with van der Waals surface area (Å²) >= 11 is 0. The van der Waals surface area contributed by atoms with Gasteiger partial charge in [-0.15, -0.1) is 0 Å². The van der Waals surface area contributed by atoms with Gasteiger partial charge in [0.25, 0.3) is 5.91 Å². The molecule has 0 unspecified atom stereocenters. The minimum absolute atomic E-state index is 0.0348. The third-order valence-corrected chi connectivity index (χ3v) is 3.72. The molecule has 0 spiro atoms. The van der Waals surface area contributed by atoms with Gasteiger partial charge in [-0.1, -0.05) is 32.1 Å². The molecule has 4 nitrogen and oxygen atoms in total. The average Bonchev–Trinajstić information content (AvgIpc) is 2.41. The number of anilines is 1. The van der Waals surface area contributed by atoms with Crippen LogP contribution in [0.3, 0.4) is 0 Å². The lowest BCUT2D eigenvalue weighted by molar-refractivity contribution is -0.123. The Morgan fingerprint density at radius 3 is 2.35 bits per heavy atom. The summed E-state index contributed by atoms with van der Waals surface area (Å²) in [5.41, 5.74) is 6.29. The third kappa shape index (κ3) is 5.11. The number of carbonyl (C=O) groups is 1. The molecule has 0 aliphatic heterocycles. The van der Waals surface area contributed by atoms with Crippen molar-refractivity contribution in [3.05, 3.63) is 24.3 Å². The summed E-state index contributed by atoms with van der Waals surface area (Å²) in [6, 6.07) is 7.40. The summed E-state index contributed by atoms with van der Waals surface area (Å²) in [5, 5.41) is 3.08. The van der Waals surface area contributed by atoms with E-state index in [2.05, 4.69) is 5.32 Å². The zero-order valence-electron chi connectivity index (χ0n) is 11.9. The zero-order chi connectivity index (χ0) is 14.2. The first-order valence-corrected chi connectivity index (χ1v) is 7.52. The molecule has 1 aliphatic rings. The third-order valence-electron chi connectivity index (χ3n) is 3.72. The molecule has 0 bridgehead atoms. The fourth-order valence-corrected chi connectivity index (χ4v) is 2.58. The second-order valence-electron chi connectivity index (χ2n) is 5.47. The molecule has 1 aliphatic carbocycles. The van der Waals surface area contributed by atoms with Crippen molar-refractivity contribution in [3.8, 4) is 5.75 Å². The number of rotatable bonds is 4. The second kappa shape index (κ2) is 7.78. The van der Waals surface area contributed by atoms with Crippen LogP contribution in [-0.2, 0) is 4.79 Å². The van der Waals surface area contributed by atoms with E-state index in [4.69, 9.17) is 10.5 Å². The topological polar surface area (TPSA) is 64.3 Å². The van der Waals surface area contributed by atoms with Crippen LogP contribution in [0, 0.1) is 0 Å². The van der Waals surface area contributed by atoms with E-state index in [1.807, 2.05) is 0 Å². The molecule has 1 aromatic rings. The van der Waals surface area contributed by atoms with Gasteiger partial charge in [0.05, 0.1) is 0 Å². The van der Waals surface area contributed by atoms with Crippen molar-refractivity contribution >= 4 is 11.6 Å². The predicted octanol–water partition coefficient (Wildman–Crippen LogP) is 2.88. The molecule has 0 heterocycles. The first kappa shape index (κ1) is 14.7. The molecule has 1 amide bonds. The van der Waals surface area contributed by atoms with Crippen LogP contribution in [0.15, 0.2) is 24.3 Å². The normalized spacial score (nSPS) is 17.0. The van der Waals surface area contributed by atoms with Gasteiger partial charge in [-0.25, -0.2) is 0 Å². The van der Waals surface area contributed by atoms with Gasteiger partial charge in [0.1, 0.15) is 5.75 Å². The van der Waals surface area contributed by atoms with Crippen molar-refractivity contribution in [2.24, 2.45) is 0 Å². The fraction of sp³-hybridized carbons (Fsp3) is 0.562. The summed E-state index contributed by atoms with van der Waals surface area (Å²) in [4.78, 5) is 11.9. The van der Waals surface area contributed by atoms with Gasteiger partial charge in [0.15, 0.2) is 6.61 Å². The number of benzene rings is 1. The van der Waals surface area contributed by atoms with Crippen LogP contribution < -0.4 is 15.8 Å². The highest BCUT2D eigenvalue weighted by Gasteiger charge is 2.14. The van der Waals surface area contributed by atoms with Crippen molar-refractivity contribution in [3.63, 3.8) is 0 Å². The van der Waals surface area contributed by atoms with Crippen LogP contribution in [0.2, 0.25) is 0 Å². The lowest BCUT2D eigenvalue weighted by Crippen LogP contribution is -2.38. The lowest BCUT2D eigenvalue weighted by atomic mass is 9.97. The number of ether oxygens (including phenoxy) is 1. The minimum Gasteiger partial charge on any atom is -0.484 e. The van der Waals surface area contributed by atoms with Crippen LogP contribution in [0.5, 0.6) is 5.75 Å². The standard InChI is InChI=1S/C16H24N2O2/c17-13-8-10-15(11-9-13)20-12-16(19)18-14-6-4-2-1-3-5-7-14/h8-11,14H,1-7,12,17H2,(H,18,19). The number of hydrogen-bond acceptors (Lipinski definition) is 3. The van der Waals surface area contributed by atoms with Gasteiger partial charge in [0, 0.05) is 11.7 Å². The van der Waals surface area contributed by atoms with Gasteiger partial charge < -0.3 is 15.8 Å². The Balaban J connectivity index is 1.72. The summed E-state index contributed by atoms with van der Waals surface area (Å²) in [5.74, 6) is 0.638. The number of nitrogens with one attached hydrogen (secondary N) is 1. The lowest BCUT2D eigenvalue weighted by Gasteiger charge is -2.21. The van der Waals surface area contributed by atoms with E-state index in [9.17, 15) is 4.79 Å². The fourth-order valence-electron chi connectivity index (χ4n) is 2.58. The van der Waals surface area contributed by atoms with Crippen molar-refractivity contribution in [2.75, 3.05) is 12.3 Å². The van der Waals surface area contributed by atoms with Crippen LogP contribution in [0.25, 0.3) is 0 Å². The molecular weight excluding hydrogens is 252 g/mol. The average molecular weight is 276 g/mol. The predicted molar refractivity (Wildman–Crippen MR) is 80.6 cm³/mol. The Labute approximate surface area is 120 Å². The Kier molecular flexibility index (Phi) is 5.71. The van der Waals surface area contributed by atoms with Crippen LogP contribution in [0.4, 0.5) is 5.69 Å². The van der Waals surface area contributed by atoms with E-state index >= 15 is 0 Å². The number of nitrogens with two attached hydrogens (primary N) is 1. The minimum atomic E-state index is -0.0348. The highest BCUT2D eigenvalue weighted by atomic mass is 16.5. The maximum atomic E-state index is 11.9. The van der Waals surface area contributed by atoms with Crippen LogP contribution in [-0.4, -0.2) is 18.6 Å². The highest BCUT2D eigenvalue weighted by molar-refractivity contribution is 5.77. The Bertz CT molecular complexity index is 409. The molecule has 3 N–H and O–H groups in total. The van der Waals surface area contributed by atoms with E-state index in [1.165, 1.54) is 32.1 Å². The van der Waals surface area contributed by atoms with Gasteiger partial charge >= 0.3 is 0 Å². The Morgan fingerprint density at radius 2 is 1.70 bits per heavy atom. The van der Waals surface area contributed by atoms with Crippen LogP contribution >= 0.6 is 0 Å². The summed E-state index contributed by atoms with van der Waals surface area (Å²) < 4.78 is 5.45. The Morgan fingerprint density at radius 1 is 1.10 bits per heavy atom. The number of nitrogen functional groups attached to an aromatic ring is 1. The molecule has 110 valence electrons. The van der Waals surface area contributed by atoms with Gasteiger partial charge in [0.2, 0.25) is 0 Å². The molecule has 1 fully saturated rings. The van der Waals surface area contributed by atoms with Gasteiger partial charge in [-0.2, -0.15) is 0 Å². The van der Waals surface area contributed by atoms with Crippen molar-refractivity contribution in [2.45, 2.75) is 51.0 Å². The van der Waals surface area contributed by atoms with Gasteiger partial charge in [-0.3, -0.25) is 4.79 Å². The molecule has 20 heavy (non-hydrogen) atoms. The van der Waals surface area contributed by atoms with E-state index in [0.717, 1.165) is 12.8 Å². The summed E-state index contributed by atoms with van der Waals surface area (Å²) in [7, 11) is 0. The Hall–Kier alpha value is -1.71. The summed E-state index contributed by atoms with van der Waals surface area (Å²) in [6.45, 7) is 0.0699. The quantitative estimate of drug-likeness (QED) is 0.831. The summed E-state index contributed by atoms with van der Waals surface area (Å²) in [6.07, 6.45) is 8.51. The first-order valence-electron chi connectivity index (χ1n) is 7.52. The van der Waals surface area contributed by atoms with E-state index in [0.29, 0.717) is 17.5 Å². The van der Waals surface area contributed by atoms with E-state index < -0.39 is 0 Å². The number of amides is 1. The molecule has 4 heteroatoms. The molecule has 1 saturated carbocycles. The number of hydrogen-bond donors (Lipinski definition) is 2. The van der Waals surface area contributed by atoms with E-state index in [-0.39, 0.29) is 12.5 Å². The largest absolute Gasteiger partial charge is 0.484 e. The monoisotopic (exact) mass is 276 g/mol. The maximum Gasteiger partial charge on any atom is 0.258 e. The number of carbonyl (C=O) groups excluding carboxylic acids is 1. The molecule has 0 atom stereocenters. The molecule has 0 radical (unpaired) electrons. The molecular formula is C16H24N2O2.